The molecule has 2 rings (SSSR count). The molecule has 138 valence electrons. The number of piperidine rings is 1. The topological polar surface area (TPSA) is 66.8 Å². The molecular formula is C20H29NO4. The summed E-state index contributed by atoms with van der Waals surface area (Å²) in [5.74, 6) is 0.853. The number of carbonyl (C=O) groups is 2. The first-order valence-electron chi connectivity index (χ1n) is 9.11. The average molecular weight is 347 g/mol. The van der Waals surface area contributed by atoms with Gasteiger partial charge < -0.3 is 14.7 Å². The van der Waals surface area contributed by atoms with Crippen LogP contribution < -0.4 is 4.74 Å². The van der Waals surface area contributed by atoms with Gasteiger partial charge in [0.25, 0.3) is 0 Å². The van der Waals surface area contributed by atoms with E-state index < -0.39 is 5.97 Å². The zero-order valence-corrected chi connectivity index (χ0v) is 15.2. The lowest BCUT2D eigenvalue weighted by Crippen LogP contribution is -2.40. The molecule has 0 radical (unpaired) electrons. The Morgan fingerprint density at radius 1 is 1.36 bits per heavy atom. The minimum Gasteiger partial charge on any atom is -0.496 e. The van der Waals surface area contributed by atoms with Gasteiger partial charge in [0.05, 0.1) is 7.11 Å². The molecule has 1 amide bonds. The summed E-state index contributed by atoms with van der Waals surface area (Å²) in [4.78, 5) is 25.3. The highest BCUT2D eigenvalue weighted by Gasteiger charge is 2.25. The van der Waals surface area contributed by atoms with E-state index in [4.69, 9.17) is 9.84 Å². The van der Waals surface area contributed by atoms with Gasteiger partial charge in [0.2, 0.25) is 5.91 Å². The lowest BCUT2D eigenvalue weighted by molar-refractivity contribution is -0.137. The normalized spacial score (nSPS) is 18.6. The highest BCUT2D eigenvalue weighted by molar-refractivity contribution is 5.76. The maximum absolute atomic E-state index is 12.6. The standard InChI is InChI=1S/C20H29NO4/c1-15(12-17-7-3-4-8-18(17)25-2)13-19(22)21-11-5-6-16(14-21)9-10-20(23)24/h3-4,7-8,15-16H,5-6,9-14H2,1-2H3,(H,23,24). The summed E-state index contributed by atoms with van der Waals surface area (Å²) in [6.45, 7) is 3.59. The first kappa shape index (κ1) is 19.3. The van der Waals surface area contributed by atoms with Crippen LogP contribution in [0.15, 0.2) is 24.3 Å². The molecule has 1 N–H and O–H groups in total. The predicted molar refractivity (Wildman–Crippen MR) is 96.7 cm³/mol. The fourth-order valence-electron chi connectivity index (χ4n) is 3.60. The third-order valence-electron chi connectivity index (χ3n) is 4.92. The van der Waals surface area contributed by atoms with Gasteiger partial charge in [-0.25, -0.2) is 0 Å². The number of carboxylic acids is 1. The molecule has 1 aromatic rings. The van der Waals surface area contributed by atoms with E-state index in [9.17, 15) is 9.59 Å². The van der Waals surface area contributed by atoms with Gasteiger partial charge in [-0.2, -0.15) is 0 Å². The second-order valence-electron chi connectivity index (χ2n) is 7.11. The Balaban J connectivity index is 1.84. The number of likely N-dealkylation sites (tertiary alicyclic amines) is 1. The van der Waals surface area contributed by atoms with Crippen molar-refractivity contribution in [1.82, 2.24) is 4.90 Å². The number of ether oxygens (including phenoxy) is 1. The van der Waals surface area contributed by atoms with Crippen LogP contribution in [0.25, 0.3) is 0 Å². The molecular weight excluding hydrogens is 318 g/mol. The summed E-state index contributed by atoms with van der Waals surface area (Å²) < 4.78 is 5.38. The number of hydrogen-bond acceptors (Lipinski definition) is 3. The number of nitrogens with zero attached hydrogens (tertiary/aromatic N) is 1. The molecule has 1 aliphatic heterocycles. The molecule has 2 atom stereocenters. The molecule has 1 fully saturated rings. The fraction of sp³-hybridized carbons (Fsp3) is 0.600. The number of para-hydroxylation sites is 1. The van der Waals surface area contributed by atoms with Crippen molar-refractivity contribution >= 4 is 11.9 Å². The molecule has 5 heteroatoms. The second kappa shape index (κ2) is 9.44. The number of methoxy groups -OCH3 is 1. The van der Waals surface area contributed by atoms with Crippen molar-refractivity contribution in [3.05, 3.63) is 29.8 Å². The molecule has 0 bridgehead atoms. The molecule has 0 spiro atoms. The van der Waals surface area contributed by atoms with Crippen molar-refractivity contribution < 1.29 is 19.4 Å². The Hall–Kier alpha value is -2.04. The lowest BCUT2D eigenvalue weighted by atomic mass is 9.92. The molecule has 0 saturated carbocycles. The van der Waals surface area contributed by atoms with E-state index >= 15 is 0 Å². The van der Waals surface area contributed by atoms with Crippen molar-refractivity contribution in [3.8, 4) is 5.75 Å². The summed E-state index contributed by atoms with van der Waals surface area (Å²) in [5.41, 5.74) is 1.13. The van der Waals surface area contributed by atoms with Crippen LogP contribution in [0.3, 0.4) is 0 Å². The van der Waals surface area contributed by atoms with Crippen molar-refractivity contribution in [2.45, 2.75) is 45.4 Å². The van der Waals surface area contributed by atoms with Crippen LogP contribution in [0.4, 0.5) is 0 Å². The van der Waals surface area contributed by atoms with Crippen LogP contribution in [0, 0.1) is 11.8 Å². The Bertz CT molecular complexity index is 587. The smallest absolute Gasteiger partial charge is 0.303 e. The van der Waals surface area contributed by atoms with E-state index in [-0.39, 0.29) is 18.2 Å². The van der Waals surface area contributed by atoms with Gasteiger partial charge in [-0.1, -0.05) is 25.1 Å². The highest BCUT2D eigenvalue weighted by atomic mass is 16.5. The number of carbonyl (C=O) groups excluding carboxylic acids is 1. The second-order valence-corrected chi connectivity index (χ2v) is 7.11. The predicted octanol–water partition coefficient (Wildman–Crippen LogP) is 3.37. The monoisotopic (exact) mass is 347 g/mol. The number of amides is 1. The number of benzene rings is 1. The first-order chi connectivity index (χ1) is 12.0. The van der Waals surface area contributed by atoms with Gasteiger partial charge in [0.1, 0.15) is 5.75 Å². The van der Waals surface area contributed by atoms with Crippen LogP contribution in [-0.2, 0) is 16.0 Å². The highest BCUT2D eigenvalue weighted by Crippen LogP contribution is 2.25. The maximum atomic E-state index is 12.6. The third-order valence-corrected chi connectivity index (χ3v) is 4.92. The Labute approximate surface area is 150 Å². The van der Waals surface area contributed by atoms with Crippen LogP contribution in [-0.4, -0.2) is 42.1 Å². The van der Waals surface area contributed by atoms with Crippen molar-refractivity contribution in [3.63, 3.8) is 0 Å². The molecule has 25 heavy (non-hydrogen) atoms. The zero-order chi connectivity index (χ0) is 18.2. The SMILES string of the molecule is COc1ccccc1CC(C)CC(=O)N1CCCC(CCC(=O)O)C1. The Morgan fingerprint density at radius 3 is 2.84 bits per heavy atom. The molecule has 0 aliphatic carbocycles. The third kappa shape index (κ3) is 6.07. The number of hydrogen-bond donors (Lipinski definition) is 1. The summed E-state index contributed by atoms with van der Waals surface area (Å²) in [6.07, 6.45) is 4.17. The molecule has 2 unspecified atom stereocenters. The zero-order valence-electron chi connectivity index (χ0n) is 15.2. The Morgan fingerprint density at radius 2 is 2.12 bits per heavy atom. The van der Waals surface area contributed by atoms with Gasteiger partial charge in [-0.3, -0.25) is 9.59 Å². The summed E-state index contributed by atoms with van der Waals surface area (Å²) in [7, 11) is 1.67. The van der Waals surface area contributed by atoms with E-state index in [1.807, 2.05) is 29.2 Å². The van der Waals surface area contributed by atoms with Crippen LogP contribution >= 0.6 is 0 Å². The van der Waals surface area contributed by atoms with E-state index in [0.717, 1.165) is 37.1 Å². The number of carboxylic acid groups (broad SMARTS) is 1. The van der Waals surface area contributed by atoms with Crippen molar-refractivity contribution in [2.24, 2.45) is 11.8 Å². The maximum Gasteiger partial charge on any atom is 0.303 e. The molecule has 1 aliphatic rings. The molecule has 1 saturated heterocycles. The molecule has 1 aromatic carbocycles. The Kier molecular flexibility index (Phi) is 7.29. The quantitative estimate of drug-likeness (QED) is 0.783. The van der Waals surface area contributed by atoms with Gasteiger partial charge in [0, 0.05) is 25.9 Å². The van der Waals surface area contributed by atoms with Crippen LogP contribution in [0.2, 0.25) is 0 Å². The van der Waals surface area contributed by atoms with Crippen molar-refractivity contribution in [1.29, 1.82) is 0 Å². The number of rotatable bonds is 8. The van der Waals surface area contributed by atoms with E-state index in [2.05, 4.69) is 6.92 Å². The van der Waals surface area contributed by atoms with Crippen molar-refractivity contribution in [2.75, 3.05) is 20.2 Å². The van der Waals surface area contributed by atoms with Gasteiger partial charge in [-0.15, -0.1) is 0 Å². The fourth-order valence-corrected chi connectivity index (χ4v) is 3.60. The lowest BCUT2D eigenvalue weighted by Gasteiger charge is -2.33. The molecule has 5 nitrogen and oxygen atoms in total. The summed E-state index contributed by atoms with van der Waals surface area (Å²) >= 11 is 0. The summed E-state index contributed by atoms with van der Waals surface area (Å²) in [6, 6.07) is 7.93. The average Bonchev–Trinajstić information content (AvgIpc) is 2.60. The molecule has 0 aromatic heterocycles. The first-order valence-corrected chi connectivity index (χ1v) is 9.11. The van der Waals surface area contributed by atoms with E-state index in [1.165, 1.54) is 0 Å². The van der Waals surface area contributed by atoms with Gasteiger partial charge >= 0.3 is 5.97 Å². The minimum atomic E-state index is -0.756. The minimum absolute atomic E-state index is 0.183. The van der Waals surface area contributed by atoms with Gasteiger partial charge in [0.15, 0.2) is 0 Å². The van der Waals surface area contributed by atoms with E-state index in [1.54, 1.807) is 7.11 Å². The number of aliphatic carboxylic acids is 1. The van der Waals surface area contributed by atoms with E-state index in [0.29, 0.717) is 25.3 Å². The van der Waals surface area contributed by atoms with Gasteiger partial charge in [-0.05, 0) is 49.1 Å². The van der Waals surface area contributed by atoms with Crippen LogP contribution in [0.1, 0.15) is 44.6 Å². The largest absolute Gasteiger partial charge is 0.496 e. The molecule has 1 heterocycles. The summed E-state index contributed by atoms with van der Waals surface area (Å²) in [5, 5.41) is 8.83. The van der Waals surface area contributed by atoms with Crippen LogP contribution in [0.5, 0.6) is 5.75 Å².